The second-order valence-corrected chi connectivity index (χ2v) is 5.20. The summed E-state index contributed by atoms with van der Waals surface area (Å²) < 4.78 is 0. The number of hydrogen-bond acceptors (Lipinski definition) is 4. The van der Waals surface area contributed by atoms with Crippen molar-refractivity contribution in [1.82, 2.24) is 5.32 Å². The number of non-ortho nitro benzene ring substituents is 1. The summed E-state index contributed by atoms with van der Waals surface area (Å²) in [4.78, 5) is 22.1. The molecule has 0 atom stereocenters. The van der Waals surface area contributed by atoms with Crippen LogP contribution in [0.15, 0.2) is 18.2 Å². The highest BCUT2D eigenvalue weighted by Crippen LogP contribution is 2.21. The van der Waals surface area contributed by atoms with Crippen LogP contribution >= 0.6 is 11.6 Å². The summed E-state index contributed by atoms with van der Waals surface area (Å²) in [5, 5.41) is 22.4. The number of carbonyl (C=O) groups is 1. The largest absolute Gasteiger partial charge is 0.396 e. The zero-order chi connectivity index (χ0) is 14.6. The van der Waals surface area contributed by atoms with Crippen LogP contribution < -0.4 is 5.32 Å². The Morgan fingerprint density at radius 1 is 1.47 bits per heavy atom. The minimum absolute atomic E-state index is 0.0665. The molecule has 19 heavy (non-hydrogen) atoms. The van der Waals surface area contributed by atoms with E-state index in [9.17, 15) is 14.9 Å². The number of amides is 1. The van der Waals surface area contributed by atoms with Gasteiger partial charge in [-0.15, -0.1) is 0 Å². The molecule has 0 aliphatic rings. The number of aliphatic hydroxyl groups is 1. The number of carbonyl (C=O) groups excluding carboxylic acids is 1. The standard InChI is InChI=1S/C12H15ClN2O4/c1-12(2,3-4-16)14-11(17)8-5-9(13)7-10(6-8)15(18)19/h5-7,16H,3-4H2,1-2H3,(H,14,17). The maximum absolute atomic E-state index is 12.0. The summed E-state index contributed by atoms with van der Waals surface area (Å²) >= 11 is 5.75. The summed E-state index contributed by atoms with van der Waals surface area (Å²) in [6.45, 7) is 3.43. The van der Waals surface area contributed by atoms with E-state index in [1.165, 1.54) is 12.1 Å². The number of rotatable bonds is 5. The minimum Gasteiger partial charge on any atom is -0.396 e. The molecule has 2 N–H and O–H groups in total. The molecule has 0 aliphatic heterocycles. The lowest BCUT2D eigenvalue weighted by Crippen LogP contribution is -2.44. The Labute approximate surface area is 115 Å². The predicted octanol–water partition coefficient (Wildman–Crippen LogP) is 2.14. The Morgan fingerprint density at radius 2 is 2.11 bits per heavy atom. The lowest BCUT2D eigenvalue weighted by Gasteiger charge is -2.25. The Morgan fingerprint density at radius 3 is 2.63 bits per heavy atom. The van der Waals surface area contributed by atoms with Gasteiger partial charge in [0.15, 0.2) is 0 Å². The van der Waals surface area contributed by atoms with Crippen LogP contribution in [0.5, 0.6) is 0 Å². The summed E-state index contributed by atoms with van der Waals surface area (Å²) in [5.41, 5.74) is -0.731. The maximum Gasteiger partial charge on any atom is 0.271 e. The molecule has 7 heteroatoms. The molecule has 1 aromatic carbocycles. The topological polar surface area (TPSA) is 92.5 Å². The minimum atomic E-state index is -0.610. The molecule has 0 aromatic heterocycles. The number of nitro groups is 1. The molecule has 104 valence electrons. The quantitative estimate of drug-likeness (QED) is 0.640. The summed E-state index contributed by atoms with van der Waals surface area (Å²) in [7, 11) is 0. The van der Waals surface area contributed by atoms with Gasteiger partial charge in [0.2, 0.25) is 0 Å². The van der Waals surface area contributed by atoms with Gasteiger partial charge in [0.25, 0.3) is 11.6 Å². The van der Waals surface area contributed by atoms with E-state index in [-0.39, 0.29) is 22.9 Å². The SMILES string of the molecule is CC(C)(CCO)NC(=O)c1cc(Cl)cc([N+](=O)[O-])c1. The lowest BCUT2D eigenvalue weighted by molar-refractivity contribution is -0.384. The van der Waals surface area contributed by atoms with Crippen LogP contribution in [-0.2, 0) is 0 Å². The van der Waals surface area contributed by atoms with Crippen molar-refractivity contribution < 1.29 is 14.8 Å². The normalized spacial score (nSPS) is 11.2. The summed E-state index contributed by atoms with van der Waals surface area (Å²) in [6, 6.07) is 3.70. The van der Waals surface area contributed by atoms with E-state index in [2.05, 4.69) is 5.32 Å². The van der Waals surface area contributed by atoms with E-state index in [1.807, 2.05) is 0 Å². The molecule has 0 saturated carbocycles. The van der Waals surface area contributed by atoms with E-state index in [1.54, 1.807) is 13.8 Å². The Kier molecular flexibility index (Phi) is 4.85. The van der Waals surface area contributed by atoms with Gasteiger partial charge < -0.3 is 10.4 Å². The van der Waals surface area contributed by atoms with Gasteiger partial charge in [-0.25, -0.2) is 0 Å². The third-order valence-electron chi connectivity index (χ3n) is 2.54. The van der Waals surface area contributed by atoms with Crippen LogP contribution in [0.3, 0.4) is 0 Å². The van der Waals surface area contributed by atoms with E-state index in [4.69, 9.17) is 16.7 Å². The molecule has 0 saturated heterocycles. The van der Waals surface area contributed by atoms with Gasteiger partial charge in [-0.3, -0.25) is 14.9 Å². The Balaban J connectivity index is 2.97. The highest BCUT2D eigenvalue weighted by Gasteiger charge is 2.22. The van der Waals surface area contributed by atoms with E-state index in [0.29, 0.717) is 6.42 Å². The number of benzene rings is 1. The van der Waals surface area contributed by atoms with Crippen molar-refractivity contribution in [2.75, 3.05) is 6.61 Å². The van der Waals surface area contributed by atoms with E-state index >= 15 is 0 Å². The van der Waals surface area contributed by atoms with Gasteiger partial charge in [0, 0.05) is 34.9 Å². The van der Waals surface area contributed by atoms with Gasteiger partial charge in [-0.1, -0.05) is 11.6 Å². The third kappa shape index (κ3) is 4.50. The molecule has 1 aromatic rings. The molecule has 1 rings (SSSR count). The molecular weight excluding hydrogens is 272 g/mol. The monoisotopic (exact) mass is 286 g/mol. The molecule has 0 radical (unpaired) electrons. The number of hydrogen-bond donors (Lipinski definition) is 2. The van der Waals surface area contributed by atoms with Crippen LogP contribution in [0.1, 0.15) is 30.6 Å². The van der Waals surface area contributed by atoms with Gasteiger partial charge in [0.05, 0.1) is 4.92 Å². The van der Waals surface area contributed by atoms with Crippen LogP contribution in [0.4, 0.5) is 5.69 Å². The molecule has 0 unspecified atom stereocenters. The molecule has 0 aliphatic carbocycles. The molecule has 0 bridgehead atoms. The van der Waals surface area contributed by atoms with Gasteiger partial charge >= 0.3 is 0 Å². The third-order valence-corrected chi connectivity index (χ3v) is 2.76. The second-order valence-electron chi connectivity index (χ2n) is 4.77. The van der Waals surface area contributed by atoms with Gasteiger partial charge in [-0.05, 0) is 26.3 Å². The first-order valence-corrected chi connectivity index (χ1v) is 6.01. The number of nitro benzene ring substituents is 1. The fourth-order valence-electron chi connectivity index (χ4n) is 1.53. The fourth-order valence-corrected chi connectivity index (χ4v) is 1.76. The highest BCUT2D eigenvalue weighted by atomic mass is 35.5. The van der Waals surface area contributed by atoms with Gasteiger partial charge in [0.1, 0.15) is 0 Å². The maximum atomic E-state index is 12.0. The molecule has 1 amide bonds. The number of halogens is 1. The van der Waals surface area contributed by atoms with Crippen molar-refractivity contribution in [3.8, 4) is 0 Å². The molecule has 0 spiro atoms. The molecule has 0 heterocycles. The zero-order valence-electron chi connectivity index (χ0n) is 10.6. The lowest BCUT2D eigenvalue weighted by atomic mass is 10.0. The van der Waals surface area contributed by atoms with Crippen LogP contribution in [-0.4, -0.2) is 28.1 Å². The van der Waals surface area contributed by atoms with Crippen molar-refractivity contribution in [3.05, 3.63) is 38.9 Å². The first-order valence-electron chi connectivity index (χ1n) is 5.63. The zero-order valence-corrected chi connectivity index (χ0v) is 11.4. The van der Waals surface area contributed by atoms with Crippen LogP contribution in [0.2, 0.25) is 5.02 Å². The average molecular weight is 287 g/mol. The number of nitrogens with zero attached hydrogens (tertiary/aromatic N) is 1. The predicted molar refractivity (Wildman–Crippen MR) is 71.4 cm³/mol. The highest BCUT2D eigenvalue weighted by molar-refractivity contribution is 6.31. The molecular formula is C12H15ClN2O4. The number of nitrogens with one attached hydrogen (secondary N) is 1. The fraction of sp³-hybridized carbons (Fsp3) is 0.417. The second kappa shape index (κ2) is 5.99. The van der Waals surface area contributed by atoms with Crippen molar-refractivity contribution in [2.45, 2.75) is 25.8 Å². The van der Waals surface area contributed by atoms with E-state index in [0.717, 1.165) is 6.07 Å². The summed E-state index contributed by atoms with van der Waals surface area (Å²) in [5.74, 6) is -0.468. The summed E-state index contributed by atoms with van der Waals surface area (Å²) in [6.07, 6.45) is 0.376. The first-order chi connectivity index (χ1) is 8.75. The van der Waals surface area contributed by atoms with Crippen molar-refractivity contribution in [2.24, 2.45) is 0 Å². The van der Waals surface area contributed by atoms with Crippen molar-refractivity contribution in [3.63, 3.8) is 0 Å². The average Bonchev–Trinajstić information content (AvgIpc) is 2.27. The molecule has 0 fully saturated rings. The van der Waals surface area contributed by atoms with Crippen molar-refractivity contribution >= 4 is 23.2 Å². The smallest absolute Gasteiger partial charge is 0.271 e. The molecule has 6 nitrogen and oxygen atoms in total. The van der Waals surface area contributed by atoms with Crippen LogP contribution in [0.25, 0.3) is 0 Å². The Hall–Kier alpha value is -1.66. The van der Waals surface area contributed by atoms with Gasteiger partial charge in [-0.2, -0.15) is 0 Å². The van der Waals surface area contributed by atoms with E-state index < -0.39 is 16.4 Å². The number of aliphatic hydroxyl groups excluding tert-OH is 1. The Bertz CT molecular complexity index is 503. The first kappa shape index (κ1) is 15.4. The van der Waals surface area contributed by atoms with Crippen molar-refractivity contribution in [1.29, 1.82) is 0 Å². The van der Waals surface area contributed by atoms with Crippen LogP contribution in [0, 0.1) is 10.1 Å².